The second-order valence-corrected chi connectivity index (χ2v) is 6.94. The van der Waals surface area contributed by atoms with Crippen molar-refractivity contribution in [3.05, 3.63) is 0 Å². The largest absolute Gasteiger partial charge is 0.340 e. The van der Waals surface area contributed by atoms with E-state index in [9.17, 15) is 4.79 Å². The zero-order chi connectivity index (χ0) is 13.9. The topological polar surface area (TPSA) is 35.6 Å². The smallest absolute Gasteiger partial charge is 0.222 e. The highest BCUT2D eigenvalue weighted by atomic mass is 16.2. The molecule has 0 aliphatic carbocycles. The summed E-state index contributed by atoms with van der Waals surface area (Å²) < 4.78 is 0. The fourth-order valence-electron chi connectivity index (χ4n) is 3.07. The Morgan fingerprint density at radius 1 is 1.21 bits per heavy atom. The molecule has 2 aliphatic rings. The van der Waals surface area contributed by atoms with Gasteiger partial charge in [-0.05, 0) is 52.6 Å². The SMILES string of the molecule is CC(C)(C)N1CCN(C(=O)CCC2CCNC2)CC1. The van der Waals surface area contributed by atoms with Crippen molar-refractivity contribution in [3.8, 4) is 0 Å². The standard InChI is InChI=1S/C15H29N3O/c1-15(2,3)18-10-8-17(9-11-18)14(19)5-4-13-6-7-16-12-13/h13,16H,4-12H2,1-3H3. The third kappa shape index (κ3) is 4.18. The van der Waals surface area contributed by atoms with Crippen molar-refractivity contribution in [3.63, 3.8) is 0 Å². The second-order valence-electron chi connectivity index (χ2n) is 6.94. The minimum Gasteiger partial charge on any atom is -0.340 e. The van der Waals surface area contributed by atoms with Gasteiger partial charge in [0, 0.05) is 38.1 Å². The molecule has 0 spiro atoms. The van der Waals surface area contributed by atoms with Crippen LogP contribution in [0.2, 0.25) is 0 Å². The summed E-state index contributed by atoms with van der Waals surface area (Å²) in [6.45, 7) is 12.8. The molecule has 0 bridgehead atoms. The number of hydrogen-bond acceptors (Lipinski definition) is 3. The number of hydrogen-bond donors (Lipinski definition) is 1. The van der Waals surface area contributed by atoms with Crippen molar-refractivity contribution in [2.24, 2.45) is 5.92 Å². The molecule has 1 amide bonds. The highest BCUT2D eigenvalue weighted by Gasteiger charge is 2.28. The van der Waals surface area contributed by atoms with E-state index in [0.717, 1.165) is 58.0 Å². The van der Waals surface area contributed by atoms with Crippen LogP contribution in [0.1, 0.15) is 40.0 Å². The van der Waals surface area contributed by atoms with Gasteiger partial charge in [0.15, 0.2) is 0 Å². The molecule has 0 saturated carbocycles. The normalized spacial score (nSPS) is 25.8. The van der Waals surface area contributed by atoms with Crippen LogP contribution < -0.4 is 5.32 Å². The molecule has 2 rings (SSSR count). The van der Waals surface area contributed by atoms with Crippen LogP contribution in [-0.2, 0) is 4.79 Å². The summed E-state index contributed by atoms with van der Waals surface area (Å²) in [6.07, 6.45) is 3.04. The highest BCUT2D eigenvalue weighted by molar-refractivity contribution is 5.76. The van der Waals surface area contributed by atoms with Crippen LogP contribution in [0.25, 0.3) is 0 Å². The van der Waals surface area contributed by atoms with Crippen molar-refractivity contribution < 1.29 is 4.79 Å². The van der Waals surface area contributed by atoms with E-state index in [1.807, 2.05) is 0 Å². The van der Waals surface area contributed by atoms with Gasteiger partial charge in [-0.3, -0.25) is 9.69 Å². The predicted molar refractivity (Wildman–Crippen MR) is 78.1 cm³/mol. The van der Waals surface area contributed by atoms with Gasteiger partial charge in [0.25, 0.3) is 0 Å². The highest BCUT2D eigenvalue weighted by Crippen LogP contribution is 2.18. The Bertz CT molecular complexity index is 297. The maximum Gasteiger partial charge on any atom is 0.222 e. The fraction of sp³-hybridized carbons (Fsp3) is 0.933. The fourth-order valence-corrected chi connectivity index (χ4v) is 3.07. The summed E-state index contributed by atoms with van der Waals surface area (Å²) in [4.78, 5) is 16.7. The van der Waals surface area contributed by atoms with Gasteiger partial charge in [-0.25, -0.2) is 0 Å². The Morgan fingerprint density at radius 2 is 1.89 bits per heavy atom. The summed E-state index contributed by atoms with van der Waals surface area (Å²) in [6, 6.07) is 0. The third-order valence-corrected chi connectivity index (χ3v) is 4.51. The lowest BCUT2D eigenvalue weighted by atomic mass is 10.0. The van der Waals surface area contributed by atoms with Crippen LogP contribution in [0, 0.1) is 5.92 Å². The summed E-state index contributed by atoms with van der Waals surface area (Å²) in [5.74, 6) is 1.08. The molecule has 110 valence electrons. The lowest BCUT2D eigenvalue weighted by Gasteiger charge is -2.42. The molecule has 1 unspecified atom stereocenters. The molecule has 19 heavy (non-hydrogen) atoms. The van der Waals surface area contributed by atoms with Gasteiger partial charge in [0.05, 0.1) is 0 Å². The summed E-state index contributed by atoms with van der Waals surface area (Å²) in [7, 11) is 0. The van der Waals surface area contributed by atoms with E-state index in [1.165, 1.54) is 6.42 Å². The van der Waals surface area contributed by atoms with Crippen LogP contribution >= 0.6 is 0 Å². The average molecular weight is 267 g/mol. The van der Waals surface area contributed by atoms with Crippen molar-refractivity contribution in [1.82, 2.24) is 15.1 Å². The molecule has 2 saturated heterocycles. The van der Waals surface area contributed by atoms with Gasteiger partial charge < -0.3 is 10.2 Å². The number of piperazine rings is 1. The van der Waals surface area contributed by atoms with Crippen LogP contribution in [0.4, 0.5) is 0 Å². The Kier molecular flexibility index (Phi) is 4.85. The van der Waals surface area contributed by atoms with Crippen molar-refractivity contribution in [1.29, 1.82) is 0 Å². The van der Waals surface area contributed by atoms with Crippen LogP contribution in [-0.4, -0.2) is 60.5 Å². The molecule has 4 nitrogen and oxygen atoms in total. The van der Waals surface area contributed by atoms with E-state index in [-0.39, 0.29) is 5.54 Å². The number of nitrogens with one attached hydrogen (secondary N) is 1. The first-order valence-corrected chi connectivity index (χ1v) is 7.70. The first-order chi connectivity index (χ1) is 8.97. The number of carbonyl (C=O) groups is 1. The van der Waals surface area contributed by atoms with Gasteiger partial charge in [-0.15, -0.1) is 0 Å². The van der Waals surface area contributed by atoms with Crippen LogP contribution in [0.3, 0.4) is 0 Å². The molecule has 2 aliphatic heterocycles. The van der Waals surface area contributed by atoms with E-state index in [0.29, 0.717) is 5.91 Å². The lowest BCUT2D eigenvalue weighted by Crippen LogP contribution is -2.54. The zero-order valence-electron chi connectivity index (χ0n) is 12.7. The monoisotopic (exact) mass is 267 g/mol. The number of carbonyl (C=O) groups excluding carboxylic acids is 1. The number of amides is 1. The Balaban J connectivity index is 1.70. The van der Waals surface area contributed by atoms with Gasteiger partial charge >= 0.3 is 0 Å². The van der Waals surface area contributed by atoms with E-state index >= 15 is 0 Å². The van der Waals surface area contributed by atoms with E-state index in [4.69, 9.17) is 0 Å². The van der Waals surface area contributed by atoms with Crippen LogP contribution in [0.15, 0.2) is 0 Å². The van der Waals surface area contributed by atoms with Gasteiger partial charge in [-0.2, -0.15) is 0 Å². The van der Waals surface area contributed by atoms with Crippen LogP contribution in [0.5, 0.6) is 0 Å². The Morgan fingerprint density at radius 3 is 2.42 bits per heavy atom. The Hall–Kier alpha value is -0.610. The first-order valence-electron chi connectivity index (χ1n) is 7.70. The minimum absolute atomic E-state index is 0.227. The number of rotatable bonds is 3. The predicted octanol–water partition coefficient (Wildman–Crippen LogP) is 1.32. The van der Waals surface area contributed by atoms with Gasteiger partial charge in [0.2, 0.25) is 5.91 Å². The molecule has 2 fully saturated rings. The maximum absolute atomic E-state index is 12.2. The molecule has 1 N–H and O–H groups in total. The number of nitrogens with zero attached hydrogens (tertiary/aromatic N) is 2. The van der Waals surface area contributed by atoms with E-state index < -0.39 is 0 Å². The lowest BCUT2D eigenvalue weighted by molar-refractivity contribution is -0.134. The second kappa shape index (κ2) is 6.23. The molecule has 0 radical (unpaired) electrons. The van der Waals surface area contributed by atoms with Crippen molar-refractivity contribution in [2.75, 3.05) is 39.3 Å². The summed E-state index contributed by atoms with van der Waals surface area (Å²) in [5, 5.41) is 3.37. The van der Waals surface area contributed by atoms with E-state index in [2.05, 4.69) is 35.9 Å². The minimum atomic E-state index is 0.227. The molecule has 0 aromatic rings. The molecular formula is C15H29N3O. The van der Waals surface area contributed by atoms with E-state index in [1.54, 1.807) is 0 Å². The van der Waals surface area contributed by atoms with Gasteiger partial charge in [0.1, 0.15) is 0 Å². The molecule has 1 atom stereocenters. The quantitative estimate of drug-likeness (QED) is 0.838. The zero-order valence-corrected chi connectivity index (χ0v) is 12.7. The summed E-state index contributed by atoms with van der Waals surface area (Å²) >= 11 is 0. The molecule has 2 heterocycles. The maximum atomic E-state index is 12.2. The molecule has 4 heteroatoms. The first kappa shape index (κ1) is 14.8. The Labute approximate surface area is 117 Å². The average Bonchev–Trinajstić information content (AvgIpc) is 2.88. The van der Waals surface area contributed by atoms with Crippen molar-refractivity contribution >= 4 is 5.91 Å². The molecular weight excluding hydrogens is 238 g/mol. The summed E-state index contributed by atoms with van der Waals surface area (Å²) in [5.41, 5.74) is 0.227. The van der Waals surface area contributed by atoms with Gasteiger partial charge in [-0.1, -0.05) is 0 Å². The molecule has 0 aromatic heterocycles. The molecule has 0 aromatic carbocycles. The third-order valence-electron chi connectivity index (χ3n) is 4.51. The van der Waals surface area contributed by atoms with Crippen molar-refractivity contribution in [2.45, 2.75) is 45.6 Å².